The van der Waals surface area contributed by atoms with Crippen molar-refractivity contribution in [3.05, 3.63) is 189 Å². The molecule has 9 rings (SSSR count). The summed E-state index contributed by atoms with van der Waals surface area (Å²) in [4.78, 5) is 60.9. The van der Waals surface area contributed by atoms with Crippen molar-refractivity contribution in [3.63, 3.8) is 0 Å². The van der Waals surface area contributed by atoms with Gasteiger partial charge in [-0.15, -0.1) is 0 Å². The first-order valence-corrected chi connectivity index (χ1v) is 47.1. The summed E-state index contributed by atoms with van der Waals surface area (Å²) in [7, 11) is -10.4. The molecule has 9 N–H and O–H groups in total. The van der Waals surface area contributed by atoms with Crippen molar-refractivity contribution in [1.82, 2.24) is 55.4 Å². The second kappa shape index (κ2) is 46.7. The minimum Gasteiger partial charge on any atom is -0.378 e. The van der Waals surface area contributed by atoms with E-state index in [-0.39, 0.29) is 190 Å². The summed E-state index contributed by atoms with van der Waals surface area (Å²) < 4.78 is 155. The van der Waals surface area contributed by atoms with Crippen molar-refractivity contribution in [2.24, 2.45) is 0 Å². The van der Waals surface area contributed by atoms with Crippen LogP contribution in [0.25, 0.3) is 0 Å². The summed E-state index contributed by atoms with van der Waals surface area (Å²) in [6, 6.07) is 29.9. The lowest BCUT2D eigenvalue weighted by Gasteiger charge is -2.35. The minimum absolute atomic E-state index is 0.0214. The van der Waals surface area contributed by atoms with E-state index in [4.69, 9.17) is 98.0 Å². The maximum absolute atomic E-state index is 13.6. The Labute approximate surface area is 726 Å². The Balaban J connectivity index is 0.715. The molecule has 0 saturated carbocycles. The average Bonchev–Trinajstić information content (AvgIpc) is 0.780. The normalized spacial score (nSPS) is 16.6. The number of nitrogens with one attached hydrogen (secondary N) is 8. The number of hydrogen-bond donors (Lipinski definition) is 9. The van der Waals surface area contributed by atoms with Gasteiger partial charge in [0.05, 0.1) is 99.7 Å². The van der Waals surface area contributed by atoms with Gasteiger partial charge in [0.1, 0.15) is 0 Å². The lowest BCUT2D eigenvalue weighted by Crippen LogP contribution is -2.54. The number of carbonyl (C=O) groups is 4. The van der Waals surface area contributed by atoms with Crippen molar-refractivity contribution < 1.29 is 85.8 Å². The van der Waals surface area contributed by atoms with Crippen LogP contribution in [0.15, 0.2) is 124 Å². The molecule has 654 valence electrons. The Kier molecular flexibility index (Phi) is 38.0. The van der Waals surface area contributed by atoms with Gasteiger partial charge in [-0.05, 0) is 163 Å². The molecule has 3 aliphatic heterocycles. The van der Waals surface area contributed by atoms with Crippen LogP contribution in [0.2, 0.25) is 30.1 Å². The standard InChI is InChI=1S/C79H103Cl6N11O19S4/c1-94-48-66(63-42-57(80)45-72(83)69(63)51-94)54-7-4-10-60(39-54)117(104,105)90-22-29-113-35-32-110-26-19-86-75(97)13-16-79(93-78(100)89-25-38-116(101,102)103,17-14-76(98)87-20-27-111-33-36-114-30-23-91-118(106,107)61-11-5-8-55(40-61)67-49-95(2)52-70-64(67)43-58(81)46-73(70)84)18-15-77(99)88-21-28-112-34-37-115-31-24-92-119(108,109)62-12-6-9-56(41-62)68-50-96(3)53-71-65(68)44-59(82)47-74(71)85/h4-12,39-47,66-68,90-92H,13-38,48-53H2,1-3H3,(H,86,97)(H,87,98)(H,88,99)(H2,89,93,100)(H,101,102,103). The van der Waals surface area contributed by atoms with Crippen LogP contribution in [-0.4, -0.2) is 254 Å². The van der Waals surface area contributed by atoms with E-state index >= 15 is 0 Å². The molecule has 3 aliphatic rings. The third kappa shape index (κ3) is 30.7. The molecule has 0 aliphatic carbocycles. The number of benzene rings is 6. The van der Waals surface area contributed by atoms with Crippen LogP contribution in [0.4, 0.5) is 4.79 Å². The highest BCUT2D eigenvalue weighted by Gasteiger charge is 2.36. The largest absolute Gasteiger partial charge is 0.378 e. The van der Waals surface area contributed by atoms with E-state index in [0.717, 1.165) is 50.1 Å². The maximum Gasteiger partial charge on any atom is 0.315 e. The van der Waals surface area contributed by atoms with E-state index < -0.39 is 81.8 Å². The number of likely N-dealkylation sites (N-methyl/N-ethyl adjacent to an activating group) is 3. The number of halogens is 6. The van der Waals surface area contributed by atoms with Crippen molar-refractivity contribution in [2.75, 3.05) is 172 Å². The lowest BCUT2D eigenvalue weighted by molar-refractivity contribution is -0.121. The second-order valence-corrected chi connectivity index (χ2v) is 38.6. The number of nitrogens with zero attached hydrogens (tertiary/aromatic N) is 3. The number of hydrogen-bond acceptors (Lipinski definition) is 21. The molecule has 0 aromatic heterocycles. The number of fused-ring (bicyclic) bond motifs is 3. The van der Waals surface area contributed by atoms with E-state index in [1.807, 2.05) is 57.5 Å². The highest BCUT2D eigenvalue weighted by Crippen LogP contribution is 2.42. The van der Waals surface area contributed by atoms with Gasteiger partial charge in [0, 0.05) is 158 Å². The summed E-state index contributed by atoms with van der Waals surface area (Å²) in [5.41, 5.74) is 6.51. The predicted molar refractivity (Wildman–Crippen MR) is 456 cm³/mol. The van der Waals surface area contributed by atoms with Crippen LogP contribution in [0.3, 0.4) is 0 Å². The number of ether oxygens (including phenoxy) is 6. The molecule has 0 fully saturated rings. The van der Waals surface area contributed by atoms with E-state index in [2.05, 4.69) is 55.4 Å². The van der Waals surface area contributed by atoms with Crippen LogP contribution in [0, 0.1) is 0 Å². The second-order valence-electron chi connectivity index (χ2n) is 29.2. The van der Waals surface area contributed by atoms with Crippen LogP contribution >= 0.6 is 69.6 Å². The fraction of sp³-hybridized carbons (Fsp3) is 0.494. The first kappa shape index (κ1) is 96.8. The molecule has 0 radical (unpaired) electrons. The molecule has 3 unspecified atom stereocenters. The van der Waals surface area contributed by atoms with Crippen molar-refractivity contribution in [3.8, 4) is 0 Å². The Morgan fingerprint density at radius 3 is 0.966 bits per heavy atom. The smallest absolute Gasteiger partial charge is 0.315 e. The van der Waals surface area contributed by atoms with Crippen molar-refractivity contribution in [2.45, 2.75) is 96.1 Å². The summed E-state index contributed by atoms with van der Waals surface area (Å²) in [6.45, 7) is 3.95. The van der Waals surface area contributed by atoms with Crippen LogP contribution < -0.4 is 40.8 Å². The monoisotopic (exact) mass is 1850 g/mol. The molecule has 0 bridgehead atoms. The third-order valence-electron chi connectivity index (χ3n) is 20.1. The first-order valence-electron chi connectivity index (χ1n) is 38.7. The van der Waals surface area contributed by atoms with E-state index in [0.29, 0.717) is 69.4 Å². The number of urea groups is 1. The Morgan fingerprint density at radius 1 is 0.395 bits per heavy atom. The van der Waals surface area contributed by atoms with Crippen LogP contribution in [-0.2, 0) is 103 Å². The molecule has 0 saturated heterocycles. The quantitative estimate of drug-likeness (QED) is 0.0128. The number of rotatable bonds is 49. The molecular weight excluding hydrogens is 1750 g/mol. The number of amides is 5. The molecule has 6 aromatic carbocycles. The van der Waals surface area contributed by atoms with E-state index in [1.54, 1.807) is 54.6 Å². The Hall–Kier alpha value is -5.98. The number of carbonyl (C=O) groups excluding carboxylic acids is 4. The van der Waals surface area contributed by atoms with E-state index in [1.165, 1.54) is 18.2 Å². The minimum atomic E-state index is -4.51. The van der Waals surface area contributed by atoms with Crippen molar-refractivity contribution >= 4 is 134 Å². The Bertz CT molecular complexity index is 4500. The molecule has 0 spiro atoms. The van der Waals surface area contributed by atoms with Crippen molar-refractivity contribution in [1.29, 1.82) is 0 Å². The molecule has 119 heavy (non-hydrogen) atoms. The van der Waals surface area contributed by atoms with Gasteiger partial charge in [-0.3, -0.25) is 18.9 Å². The van der Waals surface area contributed by atoms with Crippen LogP contribution in [0.5, 0.6) is 0 Å². The summed E-state index contributed by atoms with van der Waals surface area (Å²) in [6.07, 6.45) is -1.16. The third-order valence-corrected chi connectivity index (χ3v) is 26.9. The fourth-order valence-electron chi connectivity index (χ4n) is 14.3. The molecule has 5 amide bonds. The maximum atomic E-state index is 13.6. The summed E-state index contributed by atoms with van der Waals surface area (Å²) in [5, 5.41) is 16.5. The van der Waals surface area contributed by atoms with E-state index in [9.17, 15) is 57.4 Å². The predicted octanol–water partition coefficient (Wildman–Crippen LogP) is 8.29. The average molecular weight is 1850 g/mol. The SMILES string of the molecule is CN1Cc2c(Cl)cc(Cl)cc2C(c2cccc(S(=O)(=O)NCCOCCOCCNC(=O)CCC(CCC(=O)NCCOCCOCCNS(=O)(=O)c3cccc(C4CN(C)Cc5c(Cl)cc(Cl)cc54)c3)(CCC(=O)NCCOCCOCCNS(=O)(=O)c3cccc(C4CN(C)Cc5c(Cl)cc(Cl)cc54)c3)NC(=O)NCCS(=O)(=O)O)c2)C1. The zero-order valence-corrected chi connectivity index (χ0v) is 74.1. The topological polar surface area (TPSA) is 386 Å². The Morgan fingerprint density at radius 2 is 0.681 bits per heavy atom. The van der Waals surface area contributed by atoms with Gasteiger partial charge < -0.3 is 69.7 Å². The van der Waals surface area contributed by atoms with Crippen LogP contribution in [0.1, 0.15) is 106 Å². The fourth-order valence-corrected chi connectivity index (χ4v) is 19.6. The van der Waals surface area contributed by atoms with Gasteiger partial charge in [0.2, 0.25) is 47.8 Å². The van der Waals surface area contributed by atoms with Gasteiger partial charge in [-0.2, -0.15) is 8.42 Å². The van der Waals surface area contributed by atoms with Gasteiger partial charge in [-0.1, -0.05) is 106 Å². The molecule has 6 aromatic rings. The zero-order valence-electron chi connectivity index (χ0n) is 66.3. The summed E-state index contributed by atoms with van der Waals surface area (Å²) in [5.74, 6) is -2.83. The molecule has 40 heteroatoms. The molecular formula is C79H103Cl6N11O19S4. The first-order chi connectivity index (χ1) is 56.7. The van der Waals surface area contributed by atoms with Gasteiger partial charge in [0.25, 0.3) is 10.1 Å². The number of sulfonamides is 3. The lowest BCUT2D eigenvalue weighted by atomic mass is 9.83. The highest BCUT2D eigenvalue weighted by atomic mass is 35.5. The highest BCUT2D eigenvalue weighted by molar-refractivity contribution is 7.90. The molecule has 3 heterocycles. The molecule has 3 atom stereocenters. The summed E-state index contributed by atoms with van der Waals surface area (Å²) >= 11 is 38.9. The zero-order chi connectivity index (χ0) is 85.9. The van der Waals surface area contributed by atoms with Gasteiger partial charge in [0.15, 0.2) is 0 Å². The van der Waals surface area contributed by atoms with Gasteiger partial charge >= 0.3 is 6.03 Å². The van der Waals surface area contributed by atoms with Gasteiger partial charge in [-0.25, -0.2) is 44.2 Å². The molecule has 30 nitrogen and oxygen atoms in total.